The van der Waals surface area contributed by atoms with Crippen LogP contribution in [-0.2, 0) is 17.8 Å². The molecule has 1 atom stereocenters. The highest BCUT2D eigenvalue weighted by molar-refractivity contribution is 7.91. The molecule has 1 aromatic carbocycles. The molecule has 0 bridgehead atoms. The van der Waals surface area contributed by atoms with Gasteiger partial charge in [0.2, 0.25) is 0 Å². The van der Waals surface area contributed by atoms with Crippen LogP contribution in [0, 0.1) is 0 Å². The number of rotatable bonds is 3. The lowest BCUT2D eigenvalue weighted by Gasteiger charge is -2.23. The monoisotopic (exact) mass is 347 g/mol. The smallest absolute Gasteiger partial charge is 0.422 e. The van der Waals surface area contributed by atoms with Crippen molar-refractivity contribution >= 4 is 17.1 Å². The van der Waals surface area contributed by atoms with Crippen molar-refractivity contribution in [2.45, 2.75) is 51.0 Å². The molecule has 128 valence electrons. The molecule has 23 heavy (non-hydrogen) atoms. The Kier molecular flexibility index (Phi) is 5.30. The van der Waals surface area contributed by atoms with Crippen molar-refractivity contribution in [3.63, 3.8) is 0 Å². The largest absolute Gasteiger partial charge is 0.591 e. The van der Waals surface area contributed by atoms with Gasteiger partial charge in [-0.1, -0.05) is 16.5 Å². The quantitative estimate of drug-likeness (QED) is 0.769. The molecule has 1 aromatic rings. The topological polar surface area (TPSA) is 44.7 Å². The van der Waals surface area contributed by atoms with Crippen molar-refractivity contribution in [3.8, 4) is 5.75 Å². The Hall–Kier alpha value is -1.21. The van der Waals surface area contributed by atoms with Crippen molar-refractivity contribution in [1.29, 1.82) is 0 Å². The number of ether oxygens (including phenoxy) is 1. The van der Waals surface area contributed by atoms with Crippen LogP contribution in [-0.4, -0.2) is 27.8 Å². The predicted octanol–water partition coefficient (Wildman–Crippen LogP) is 4.22. The SMILES string of the molecule is CC(C)(C)[S@@+]([O-])N=C1CCCc2c(OCC(F)(F)F)cccc21. The summed E-state index contributed by atoms with van der Waals surface area (Å²) in [5.74, 6) is 0.230. The number of fused-ring (bicyclic) bond motifs is 1. The molecule has 0 saturated heterocycles. The van der Waals surface area contributed by atoms with E-state index < -0.39 is 28.9 Å². The van der Waals surface area contributed by atoms with Crippen LogP contribution in [0.15, 0.2) is 22.6 Å². The van der Waals surface area contributed by atoms with Crippen molar-refractivity contribution < 1.29 is 22.5 Å². The van der Waals surface area contributed by atoms with E-state index in [9.17, 15) is 17.7 Å². The summed E-state index contributed by atoms with van der Waals surface area (Å²) in [5.41, 5.74) is 2.14. The summed E-state index contributed by atoms with van der Waals surface area (Å²) in [4.78, 5) is 0. The van der Waals surface area contributed by atoms with E-state index in [2.05, 4.69) is 4.40 Å². The molecular weight excluding hydrogens is 327 g/mol. The first kappa shape index (κ1) is 18.1. The molecule has 1 aliphatic rings. The summed E-state index contributed by atoms with van der Waals surface area (Å²) in [5, 5.41) is 0. The summed E-state index contributed by atoms with van der Waals surface area (Å²) in [6, 6.07) is 4.98. The van der Waals surface area contributed by atoms with Crippen LogP contribution in [0.25, 0.3) is 0 Å². The van der Waals surface area contributed by atoms with Gasteiger partial charge in [0, 0.05) is 11.1 Å². The average molecular weight is 347 g/mol. The molecule has 0 unspecified atom stereocenters. The van der Waals surface area contributed by atoms with Gasteiger partial charge in [-0.2, -0.15) is 13.2 Å². The van der Waals surface area contributed by atoms with Gasteiger partial charge in [0.1, 0.15) is 21.9 Å². The summed E-state index contributed by atoms with van der Waals surface area (Å²) in [6.07, 6.45) is -2.33. The molecule has 1 aliphatic carbocycles. The molecule has 0 amide bonds. The highest BCUT2D eigenvalue weighted by Crippen LogP contribution is 2.32. The van der Waals surface area contributed by atoms with Crippen LogP contribution in [0.1, 0.15) is 44.7 Å². The molecule has 0 fully saturated rings. The molecule has 3 nitrogen and oxygen atoms in total. The summed E-state index contributed by atoms with van der Waals surface area (Å²) >= 11 is -1.40. The Bertz CT molecular complexity index is 594. The standard InChI is InChI=1S/C16H20F3NO2S/c1-15(2,3)23(21)20-13-8-4-7-12-11(13)6-5-9-14(12)22-10-16(17,18)19/h5-6,9H,4,7-8,10H2,1-3H3/t23-/m1/s1. The predicted molar refractivity (Wildman–Crippen MR) is 85.4 cm³/mol. The molecule has 0 heterocycles. The van der Waals surface area contributed by atoms with Gasteiger partial charge in [0.05, 0.1) is 5.71 Å². The molecule has 0 spiro atoms. The fraction of sp³-hybridized carbons (Fsp3) is 0.562. The normalized spacial score (nSPS) is 18.7. The van der Waals surface area contributed by atoms with Gasteiger partial charge in [-0.3, -0.25) is 0 Å². The molecule has 0 N–H and O–H groups in total. The molecular formula is C16H20F3NO2S. The van der Waals surface area contributed by atoms with E-state index in [1.165, 1.54) is 6.07 Å². The van der Waals surface area contributed by atoms with Crippen molar-refractivity contribution in [3.05, 3.63) is 29.3 Å². The second-order valence-electron chi connectivity index (χ2n) is 6.44. The Balaban J connectivity index is 2.31. The molecule has 2 rings (SSSR count). The van der Waals surface area contributed by atoms with E-state index >= 15 is 0 Å². The maximum Gasteiger partial charge on any atom is 0.422 e. The Morgan fingerprint density at radius 3 is 2.52 bits per heavy atom. The first-order chi connectivity index (χ1) is 10.6. The first-order valence-electron chi connectivity index (χ1n) is 7.39. The molecule has 0 aromatic heterocycles. The third kappa shape index (κ3) is 4.88. The van der Waals surface area contributed by atoms with Crippen LogP contribution in [0.2, 0.25) is 0 Å². The third-order valence-corrected chi connectivity index (χ3v) is 4.83. The van der Waals surface area contributed by atoms with Gasteiger partial charge in [-0.25, -0.2) is 0 Å². The zero-order chi connectivity index (χ0) is 17.3. The number of alkyl halides is 3. The minimum Gasteiger partial charge on any atom is -0.591 e. The van der Waals surface area contributed by atoms with E-state index in [1.54, 1.807) is 12.1 Å². The van der Waals surface area contributed by atoms with Crippen LogP contribution in [0.3, 0.4) is 0 Å². The second kappa shape index (κ2) is 6.73. The Morgan fingerprint density at radius 2 is 1.91 bits per heavy atom. The highest BCUT2D eigenvalue weighted by atomic mass is 32.2. The first-order valence-corrected chi connectivity index (χ1v) is 8.50. The van der Waals surface area contributed by atoms with Gasteiger partial charge < -0.3 is 9.29 Å². The Morgan fingerprint density at radius 1 is 1.22 bits per heavy atom. The van der Waals surface area contributed by atoms with E-state index in [0.29, 0.717) is 24.1 Å². The lowest BCUT2D eigenvalue weighted by molar-refractivity contribution is -0.153. The van der Waals surface area contributed by atoms with Crippen molar-refractivity contribution in [2.75, 3.05) is 6.61 Å². The van der Waals surface area contributed by atoms with E-state index in [0.717, 1.165) is 12.0 Å². The lowest BCUT2D eigenvalue weighted by Crippen LogP contribution is -2.28. The zero-order valence-electron chi connectivity index (χ0n) is 13.4. The minimum absolute atomic E-state index is 0.230. The van der Waals surface area contributed by atoms with Gasteiger partial charge in [0.15, 0.2) is 6.61 Å². The van der Waals surface area contributed by atoms with Gasteiger partial charge in [0.25, 0.3) is 0 Å². The molecule has 0 radical (unpaired) electrons. The number of hydrogen-bond donors (Lipinski definition) is 0. The van der Waals surface area contributed by atoms with E-state index in [-0.39, 0.29) is 5.75 Å². The van der Waals surface area contributed by atoms with E-state index in [4.69, 9.17) is 4.74 Å². The van der Waals surface area contributed by atoms with Gasteiger partial charge in [-0.05, 0) is 46.1 Å². The van der Waals surface area contributed by atoms with Crippen molar-refractivity contribution in [1.82, 2.24) is 0 Å². The fourth-order valence-electron chi connectivity index (χ4n) is 2.29. The van der Waals surface area contributed by atoms with Crippen molar-refractivity contribution in [2.24, 2.45) is 4.40 Å². The maximum absolute atomic E-state index is 12.4. The van der Waals surface area contributed by atoms with Crippen LogP contribution >= 0.6 is 0 Å². The minimum atomic E-state index is -4.37. The number of hydrogen-bond acceptors (Lipinski definition) is 3. The van der Waals surface area contributed by atoms with Crippen LogP contribution < -0.4 is 4.74 Å². The lowest BCUT2D eigenvalue weighted by atomic mass is 9.89. The third-order valence-electron chi connectivity index (χ3n) is 3.39. The van der Waals surface area contributed by atoms with Crippen LogP contribution in [0.5, 0.6) is 5.75 Å². The second-order valence-corrected chi connectivity index (χ2v) is 8.34. The summed E-state index contributed by atoms with van der Waals surface area (Å²) in [7, 11) is 0. The van der Waals surface area contributed by atoms with Gasteiger partial charge in [-0.15, -0.1) is 0 Å². The van der Waals surface area contributed by atoms with Gasteiger partial charge >= 0.3 is 6.18 Å². The van der Waals surface area contributed by atoms with E-state index in [1.807, 2.05) is 20.8 Å². The summed E-state index contributed by atoms with van der Waals surface area (Å²) in [6.45, 7) is 4.18. The highest BCUT2D eigenvalue weighted by Gasteiger charge is 2.31. The summed E-state index contributed by atoms with van der Waals surface area (Å²) < 4.78 is 58.1. The number of benzene rings is 1. The maximum atomic E-state index is 12.4. The Labute approximate surface area is 137 Å². The average Bonchev–Trinajstić information content (AvgIpc) is 2.43. The number of nitrogens with zero attached hydrogens (tertiary/aromatic N) is 1. The molecule has 7 heteroatoms. The zero-order valence-corrected chi connectivity index (χ0v) is 14.2. The molecule has 0 saturated carbocycles. The molecule has 0 aliphatic heterocycles. The number of halogens is 3. The van der Waals surface area contributed by atoms with Crippen LogP contribution in [0.4, 0.5) is 13.2 Å². The fourth-order valence-corrected chi connectivity index (χ4v) is 2.95.